The van der Waals surface area contributed by atoms with E-state index in [4.69, 9.17) is 0 Å². The van der Waals surface area contributed by atoms with Gasteiger partial charge in [0.1, 0.15) is 17.5 Å². The third kappa shape index (κ3) is 4.94. The molecule has 0 fully saturated rings. The highest BCUT2D eigenvalue weighted by Crippen LogP contribution is 2.10. The highest BCUT2D eigenvalue weighted by atomic mass is 19.1. The molecule has 0 spiro atoms. The van der Waals surface area contributed by atoms with Crippen molar-refractivity contribution in [1.29, 1.82) is 0 Å². The van der Waals surface area contributed by atoms with Gasteiger partial charge in [0.25, 0.3) is 0 Å². The topological polar surface area (TPSA) is 67.1 Å². The number of pyridine rings is 1. The molecule has 2 N–H and O–H groups in total. The molecule has 0 atom stereocenters. The molecule has 3 aromatic rings. The van der Waals surface area contributed by atoms with Gasteiger partial charge in [-0.3, -0.25) is 9.56 Å². The van der Waals surface area contributed by atoms with E-state index in [1.807, 2.05) is 49.0 Å². The Morgan fingerprint density at radius 2 is 2.00 bits per heavy atom. The molecule has 2 aromatic heterocycles. The largest absolute Gasteiger partial charge is 0.356 e. The van der Waals surface area contributed by atoms with E-state index in [-0.39, 0.29) is 5.82 Å². The summed E-state index contributed by atoms with van der Waals surface area (Å²) >= 11 is 0. The Morgan fingerprint density at radius 1 is 1.14 bits per heavy atom. The third-order valence-corrected chi connectivity index (χ3v) is 4.56. The summed E-state index contributed by atoms with van der Waals surface area (Å²) in [5.74, 6) is 2.26. The van der Waals surface area contributed by atoms with Crippen molar-refractivity contribution in [2.75, 3.05) is 13.6 Å². The quantitative estimate of drug-likeness (QED) is 0.510. The van der Waals surface area contributed by atoms with Gasteiger partial charge in [-0.1, -0.05) is 12.1 Å². The number of hydrogen-bond acceptors (Lipinski definition) is 3. The van der Waals surface area contributed by atoms with Crippen LogP contribution < -0.4 is 10.6 Å². The average Bonchev–Trinajstić information content (AvgIpc) is 3.12. The van der Waals surface area contributed by atoms with Gasteiger partial charge in [0.15, 0.2) is 5.96 Å². The van der Waals surface area contributed by atoms with E-state index >= 15 is 0 Å². The molecule has 0 unspecified atom stereocenters. The van der Waals surface area contributed by atoms with Gasteiger partial charge in [-0.15, -0.1) is 0 Å². The number of rotatable bonds is 6. The lowest BCUT2D eigenvalue weighted by Crippen LogP contribution is -2.37. The fourth-order valence-corrected chi connectivity index (χ4v) is 2.95. The number of aromatic nitrogens is 3. The monoisotopic (exact) mass is 380 g/mol. The van der Waals surface area contributed by atoms with Gasteiger partial charge in [0.2, 0.25) is 0 Å². The maximum absolute atomic E-state index is 13.2. The van der Waals surface area contributed by atoms with E-state index in [0.717, 1.165) is 34.8 Å². The van der Waals surface area contributed by atoms with Crippen molar-refractivity contribution in [3.05, 3.63) is 77.3 Å². The Labute approximate surface area is 164 Å². The van der Waals surface area contributed by atoms with Gasteiger partial charge in [0, 0.05) is 38.7 Å². The first-order valence-electron chi connectivity index (χ1n) is 9.21. The number of halogens is 1. The maximum Gasteiger partial charge on any atom is 0.191 e. The lowest BCUT2D eigenvalue weighted by atomic mass is 10.1. The molecule has 2 heterocycles. The van der Waals surface area contributed by atoms with Crippen LogP contribution in [0.3, 0.4) is 0 Å². The molecule has 0 amide bonds. The van der Waals surface area contributed by atoms with E-state index in [1.165, 1.54) is 6.07 Å². The first-order chi connectivity index (χ1) is 13.6. The molecular weight excluding hydrogens is 355 g/mol. The number of imidazole rings is 1. The number of nitrogens with zero attached hydrogens (tertiary/aromatic N) is 4. The Balaban J connectivity index is 1.49. The number of aryl methyl sites for hydroxylation is 2. The second-order valence-electron chi connectivity index (χ2n) is 6.54. The minimum atomic E-state index is -0.200. The van der Waals surface area contributed by atoms with Gasteiger partial charge in [0.05, 0.1) is 0 Å². The zero-order valence-electron chi connectivity index (χ0n) is 16.4. The predicted octanol–water partition coefficient (Wildman–Crippen LogP) is 2.93. The fourth-order valence-electron chi connectivity index (χ4n) is 2.95. The molecule has 0 bridgehead atoms. The Bertz CT molecular complexity index is 946. The van der Waals surface area contributed by atoms with Crippen LogP contribution in [0.1, 0.15) is 22.5 Å². The van der Waals surface area contributed by atoms with Crippen molar-refractivity contribution in [2.24, 2.45) is 4.99 Å². The molecule has 6 nitrogen and oxygen atoms in total. The molecule has 146 valence electrons. The van der Waals surface area contributed by atoms with Crippen molar-refractivity contribution in [1.82, 2.24) is 25.2 Å². The summed E-state index contributed by atoms with van der Waals surface area (Å²) in [7, 11) is 1.74. The van der Waals surface area contributed by atoms with Crippen LogP contribution in [0.4, 0.5) is 4.39 Å². The summed E-state index contributed by atoms with van der Waals surface area (Å²) in [6, 6.07) is 8.89. The molecular formula is C21H25FN6. The summed E-state index contributed by atoms with van der Waals surface area (Å²) in [5, 5.41) is 6.56. The number of aliphatic imine (C=N–C) groups is 1. The van der Waals surface area contributed by atoms with E-state index in [2.05, 4.69) is 25.6 Å². The molecule has 0 saturated carbocycles. The summed E-state index contributed by atoms with van der Waals surface area (Å²) in [6.45, 7) is 5.20. The number of guanidine groups is 1. The molecule has 0 aliphatic heterocycles. The van der Waals surface area contributed by atoms with Crippen LogP contribution in [-0.4, -0.2) is 34.1 Å². The van der Waals surface area contributed by atoms with Crippen LogP contribution in [0.25, 0.3) is 5.82 Å². The lowest BCUT2D eigenvalue weighted by Gasteiger charge is -2.13. The van der Waals surface area contributed by atoms with Gasteiger partial charge >= 0.3 is 0 Å². The van der Waals surface area contributed by atoms with Crippen molar-refractivity contribution in [3.8, 4) is 5.82 Å². The van der Waals surface area contributed by atoms with Crippen LogP contribution >= 0.6 is 0 Å². The SMILES string of the molecule is CN=C(NCCc1ccc(F)cc1C)NCc1ccc(-n2ccnc2C)nc1. The Kier molecular flexibility index (Phi) is 6.37. The van der Waals surface area contributed by atoms with Crippen LogP contribution in [0.2, 0.25) is 0 Å². The van der Waals surface area contributed by atoms with Crippen LogP contribution in [0.15, 0.2) is 53.9 Å². The molecule has 0 aliphatic rings. The average molecular weight is 380 g/mol. The zero-order valence-corrected chi connectivity index (χ0v) is 16.4. The van der Waals surface area contributed by atoms with Crippen molar-refractivity contribution in [2.45, 2.75) is 26.8 Å². The molecule has 0 radical (unpaired) electrons. The molecule has 0 saturated heterocycles. The van der Waals surface area contributed by atoms with E-state index in [9.17, 15) is 4.39 Å². The van der Waals surface area contributed by atoms with E-state index < -0.39 is 0 Å². The first-order valence-corrected chi connectivity index (χ1v) is 9.21. The minimum Gasteiger partial charge on any atom is -0.356 e. The van der Waals surface area contributed by atoms with Crippen molar-refractivity contribution in [3.63, 3.8) is 0 Å². The summed E-state index contributed by atoms with van der Waals surface area (Å²) < 4.78 is 15.1. The molecule has 3 rings (SSSR count). The Morgan fingerprint density at radius 3 is 2.64 bits per heavy atom. The van der Waals surface area contributed by atoms with E-state index in [0.29, 0.717) is 19.0 Å². The maximum atomic E-state index is 13.2. The smallest absolute Gasteiger partial charge is 0.191 e. The van der Waals surface area contributed by atoms with Gasteiger partial charge in [-0.25, -0.2) is 14.4 Å². The molecule has 0 aliphatic carbocycles. The van der Waals surface area contributed by atoms with Crippen molar-refractivity contribution < 1.29 is 4.39 Å². The number of hydrogen-bond donors (Lipinski definition) is 2. The second-order valence-corrected chi connectivity index (χ2v) is 6.54. The lowest BCUT2D eigenvalue weighted by molar-refractivity contribution is 0.625. The molecule has 1 aromatic carbocycles. The van der Waals surface area contributed by atoms with Gasteiger partial charge < -0.3 is 10.6 Å². The van der Waals surface area contributed by atoms with Gasteiger partial charge in [-0.2, -0.15) is 0 Å². The van der Waals surface area contributed by atoms with Crippen LogP contribution in [0.5, 0.6) is 0 Å². The predicted molar refractivity (Wildman–Crippen MR) is 109 cm³/mol. The summed E-state index contributed by atoms with van der Waals surface area (Å²) in [6.07, 6.45) is 6.30. The standard InChI is InChI=1S/C21H25FN6/c1-15-12-19(22)6-5-18(15)8-9-25-21(23-3)27-14-17-4-7-20(26-13-17)28-11-10-24-16(28)2/h4-7,10-13H,8-9,14H2,1-3H3,(H2,23,25,27). The van der Waals surface area contributed by atoms with E-state index in [1.54, 1.807) is 19.3 Å². The zero-order chi connectivity index (χ0) is 19.9. The van der Waals surface area contributed by atoms with Crippen LogP contribution in [0, 0.1) is 19.7 Å². The minimum absolute atomic E-state index is 0.200. The molecule has 28 heavy (non-hydrogen) atoms. The highest BCUT2D eigenvalue weighted by Gasteiger charge is 2.04. The Hall–Kier alpha value is -3.22. The second kappa shape index (κ2) is 9.12. The van der Waals surface area contributed by atoms with Crippen LogP contribution in [-0.2, 0) is 13.0 Å². The molecule has 7 heteroatoms. The number of benzene rings is 1. The van der Waals surface area contributed by atoms with Crippen molar-refractivity contribution >= 4 is 5.96 Å². The third-order valence-electron chi connectivity index (χ3n) is 4.56. The summed E-state index contributed by atoms with van der Waals surface area (Å²) in [4.78, 5) is 13.0. The first kappa shape index (κ1) is 19.5. The highest BCUT2D eigenvalue weighted by molar-refractivity contribution is 5.79. The fraction of sp³-hybridized carbons (Fsp3) is 0.286. The normalized spacial score (nSPS) is 11.5. The van der Waals surface area contributed by atoms with Gasteiger partial charge in [-0.05, 0) is 55.2 Å². The summed E-state index contributed by atoms with van der Waals surface area (Å²) in [5.41, 5.74) is 3.14. The number of nitrogens with one attached hydrogen (secondary N) is 2.